The Bertz CT molecular complexity index is 654. The minimum absolute atomic E-state index is 0.101. The lowest BCUT2D eigenvalue weighted by Gasteiger charge is -2.10. The SMILES string of the molecule is C=CCOc1c(Br)cc(Br)cc1C=Nn1nnnc1N. The summed E-state index contributed by atoms with van der Waals surface area (Å²) in [7, 11) is 0. The van der Waals surface area contributed by atoms with Crippen molar-refractivity contribution in [2.24, 2.45) is 5.10 Å². The van der Waals surface area contributed by atoms with Crippen molar-refractivity contribution in [3.05, 3.63) is 39.3 Å². The third-order valence-corrected chi connectivity index (χ3v) is 3.21. The molecule has 7 nitrogen and oxygen atoms in total. The molecule has 9 heteroatoms. The quantitative estimate of drug-likeness (QED) is 0.612. The predicted molar refractivity (Wildman–Crippen MR) is 82.8 cm³/mol. The smallest absolute Gasteiger partial charge is 0.263 e. The number of ether oxygens (including phenoxy) is 1. The molecule has 1 heterocycles. The Morgan fingerprint density at radius 2 is 2.25 bits per heavy atom. The zero-order valence-corrected chi connectivity index (χ0v) is 13.4. The van der Waals surface area contributed by atoms with Gasteiger partial charge in [0.05, 0.1) is 10.7 Å². The van der Waals surface area contributed by atoms with Crippen LogP contribution in [0.3, 0.4) is 0 Å². The number of nitrogens with zero attached hydrogens (tertiary/aromatic N) is 5. The predicted octanol–water partition coefficient (Wildman–Crippen LogP) is 2.23. The highest BCUT2D eigenvalue weighted by Gasteiger charge is 2.09. The van der Waals surface area contributed by atoms with Crippen molar-refractivity contribution in [2.45, 2.75) is 0 Å². The lowest BCUT2D eigenvalue weighted by atomic mass is 10.2. The highest BCUT2D eigenvalue weighted by molar-refractivity contribution is 9.11. The third-order valence-electron chi connectivity index (χ3n) is 2.17. The minimum Gasteiger partial charge on any atom is -0.488 e. The van der Waals surface area contributed by atoms with Crippen molar-refractivity contribution >= 4 is 44.0 Å². The van der Waals surface area contributed by atoms with Crippen molar-refractivity contribution in [2.75, 3.05) is 12.3 Å². The summed E-state index contributed by atoms with van der Waals surface area (Å²) in [6.07, 6.45) is 3.22. The van der Waals surface area contributed by atoms with Crippen LogP contribution in [-0.2, 0) is 0 Å². The van der Waals surface area contributed by atoms with E-state index < -0.39 is 0 Å². The van der Waals surface area contributed by atoms with E-state index in [0.717, 1.165) is 19.3 Å². The topological polar surface area (TPSA) is 91.2 Å². The summed E-state index contributed by atoms with van der Waals surface area (Å²) < 4.78 is 7.27. The molecule has 0 saturated heterocycles. The normalized spacial score (nSPS) is 10.9. The summed E-state index contributed by atoms with van der Waals surface area (Å²) in [5.41, 5.74) is 6.27. The Hall–Kier alpha value is -1.74. The number of anilines is 1. The van der Waals surface area contributed by atoms with Gasteiger partial charge in [0.25, 0.3) is 5.95 Å². The number of benzene rings is 1. The zero-order chi connectivity index (χ0) is 14.5. The third kappa shape index (κ3) is 3.42. The van der Waals surface area contributed by atoms with E-state index in [1.54, 1.807) is 12.3 Å². The number of rotatable bonds is 5. The fourth-order valence-electron chi connectivity index (χ4n) is 1.36. The summed E-state index contributed by atoms with van der Waals surface area (Å²) in [6.45, 7) is 4.00. The van der Waals surface area contributed by atoms with E-state index in [2.05, 4.69) is 59.1 Å². The van der Waals surface area contributed by atoms with Crippen molar-refractivity contribution in [1.82, 2.24) is 20.3 Å². The molecule has 0 amide bonds. The van der Waals surface area contributed by atoms with E-state index in [4.69, 9.17) is 10.5 Å². The van der Waals surface area contributed by atoms with E-state index >= 15 is 0 Å². The molecule has 0 radical (unpaired) electrons. The molecule has 20 heavy (non-hydrogen) atoms. The molecular weight excluding hydrogens is 392 g/mol. The van der Waals surface area contributed by atoms with Crippen LogP contribution < -0.4 is 10.5 Å². The Kier molecular flexibility index (Phi) is 4.85. The first-order valence-corrected chi connectivity index (χ1v) is 7.01. The van der Waals surface area contributed by atoms with Gasteiger partial charge < -0.3 is 10.5 Å². The number of hydrogen-bond donors (Lipinski definition) is 1. The summed E-state index contributed by atoms with van der Waals surface area (Å²) in [6, 6.07) is 3.73. The average Bonchev–Trinajstić information content (AvgIpc) is 2.80. The van der Waals surface area contributed by atoms with Crippen LogP contribution in [0.5, 0.6) is 5.75 Å². The van der Waals surface area contributed by atoms with E-state index in [0.29, 0.717) is 12.4 Å². The van der Waals surface area contributed by atoms with Crippen LogP contribution in [0.1, 0.15) is 5.56 Å². The van der Waals surface area contributed by atoms with Crippen LogP contribution in [0, 0.1) is 0 Å². The van der Waals surface area contributed by atoms with Gasteiger partial charge in [0.15, 0.2) is 0 Å². The molecule has 2 aromatic rings. The summed E-state index contributed by atoms with van der Waals surface area (Å²) in [5.74, 6) is 0.743. The van der Waals surface area contributed by atoms with Crippen LogP contribution in [-0.4, -0.2) is 33.1 Å². The molecule has 1 aromatic carbocycles. The molecule has 0 aliphatic heterocycles. The number of nitrogen functional groups attached to an aromatic ring is 1. The Balaban J connectivity index is 2.36. The van der Waals surface area contributed by atoms with Crippen molar-refractivity contribution in [3.8, 4) is 5.75 Å². The van der Waals surface area contributed by atoms with Crippen LogP contribution in [0.4, 0.5) is 5.95 Å². The highest BCUT2D eigenvalue weighted by Crippen LogP contribution is 2.32. The second-order valence-corrected chi connectivity index (χ2v) is 5.35. The average molecular weight is 402 g/mol. The van der Waals surface area contributed by atoms with E-state index in [9.17, 15) is 0 Å². The van der Waals surface area contributed by atoms with Crippen LogP contribution >= 0.6 is 31.9 Å². The summed E-state index contributed by atoms with van der Waals surface area (Å²) in [4.78, 5) is 1.12. The summed E-state index contributed by atoms with van der Waals surface area (Å²) >= 11 is 6.85. The maximum atomic E-state index is 5.60. The fourth-order valence-corrected chi connectivity index (χ4v) is 2.73. The number of tetrazole rings is 1. The molecular formula is C11H10Br2N6O. The fraction of sp³-hybridized carbons (Fsp3) is 0.0909. The van der Waals surface area contributed by atoms with Gasteiger partial charge in [-0.15, -0.1) is 0 Å². The van der Waals surface area contributed by atoms with Crippen molar-refractivity contribution in [1.29, 1.82) is 0 Å². The second kappa shape index (κ2) is 6.62. The van der Waals surface area contributed by atoms with Gasteiger partial charge in [0, 0.05) is 10.0 Å². The highest BCUT2D eigenvalue weighted by atomic mass is 79.9. The van der Waals surface area contributed by atoms with Gasteiger partial charge in [-0.25, -0.2) is 0 Å². The molecule has 2 N–H and O–H groups in total. The minimum atomic E-state index is 0.101. The molecule has 0 aliphatic rings. The molecule has 0 spiro atoms. The molecule has 0 unspecified atom stereocenters. The lowest BCUT2D eigenvalue weighted by molar-refractivity contribution is 0.360. The molecule has 0 aliphatic carbocycles. The van der Waals surface area contributed by atoms with Gasteiger partial charge in [-0.2, -0.15) is 5.10 Å². The Labute approximate surface area is 131 Å². The van der Waals surface area contributed by atoms with Gasteiger partial charge in [-0.1, -0.05) is 38.5 Å². The van der Waals surface area contributed by atoms with E-state index in [-0.39, 0.29) is 5.95 Å². The number of hydrogen-bond acceptors (Lipinski definition) is 6. The Morgan fingerprint density at radius 1 is 1.45 bits per heavy atom. The standard InChI is InChI=1S/C11H10Br2N6O/c1-2-3-20-10-7(4-8(12)5-9(10)13)6-15-19-11(14)16-17-18-19/h2,4-6H,1,3H2,(H2,14,16,18). The first-order valence-electron chi connectivity index (χ1n) is 5.42. The molecule has 2 rings (SSSR count). The van der Waals surface area contributed by atoms with Crippen LogP contribution in [0.2, 0.25) is 0 Å². The van der Waals surface area contributed by atoms with Crippen LogP contribution in [0.15, 0.2) is 38.8 Å². The van der Waals surface area contributed by atoms with Gasteiger partial charge in [0.1, 0.15) is 12.4 Å². The van der Waals surface area contributed by atoms with E-state index in [1.165, 1.54) is 0 Å². The molecule has 1 aromatic heterocycles. The van der Waals surface area contributed by atoms with Gasteiger partial charge in [-0.05, 0) is 38.5 Å². The van der Waals surface area contributed by atoms with E-state index in [1.807, 2.05) is 12.1 Å². The molecule has 0 bridgehead atoms. The van der Waals surface area contributed by atoms with Gasteiger partial charge in [-0.3, -0.25) is 0 Å². The zero-order valence-electron chi connectivity index (χ0n) is 10.2. The lowest BCUT2D eigenvalue weighted by Crippen LogP contribution is -2.02. The molecule has 0 fully saturated rings. The van der Waals surface area contributed by atoms with Crippen molar-refractivity contribution in [3.63, 3.8) is 0 Å². The van der Waals surface area contributed by atoms with Crippen LogP contribution in [0.25, 0.3) is 0 Å². The molecule has 0 atom stereocenters. The maximum Gasteiger partial charge on any atom is 0.263 e. The number of aromatic nitrogens is 4. The largest absolute Gasteiger partial charge is 0.488 e. The molecule has 0 saturated carbocycles. The Morgan fingerprint density at radius 3 is 2.90 bits per heavy atom. The number of nitrogens with two attached hydrogens (primary N) is 1. The van der Waals surface area contributed by atoms with Gasteiger partial charge in [0.2, 0.25) is 0 Å². The second-order valence-electron chi connectivity index (χ2n) is 3.58. The monoisotopic (exact) mass is 400 g/mol. The first kappa shape index (κ1) is 14.7. The summed E-state index contributed by atoms with van der Waals surface area (Å²) in [5, 5.41) is 14.6. The number of halogens is 2. The van der Waals surface area contributed by atoms with Gasteiger partial charge >= 0.3 is 0 Å². The van der Waals surface area contributed by atoms with Crippen molar-refractivity contribution < 1.29 is 4.74 Å². The maximum absolute atomic E-state index is 5.60. The molecule has 104 valence electrons. The first-order chi connectivity index (χ1) is 9.61.